The molecule has 0 saturated heterocycles. The average molecular weight is 372 g/mol. The maximum absolute atomic E-state index is 12.2. The second-order valence-corrected chi connectivity index (χ2v) is 6.55. The second kappa shape index (κ2) is 4.91. The lowest BCUT2D eigenvalue weighted by atomic mass is 10.0. The van der Waals surface area contributed by atoms with E-state index in [-0.39, 0.29) is 27.5 Å². The quantitative estimate of drug-likeness (QED) is 0.710. The van der Waals surface area contributed by atoms with Crippen molar-refractivity contribution in [3.8, 4) is 5.75 Å². The third-order valence-electron chi connectivity index (χ3n) is 3.61. The van der Waals surface area contributed by atoms with Crippen LogP contribution in [0.25, 0.3) is 0 Å². The molecule has 1 aromatic carbocycles. The Morgan fingerprint density at radius 1 is 1.40 bits per heavy atom. The van der Waals surface area contributed by atoms with Crippen LogP contribution in [0.2, 0.25) is 0 Å². The fourth-order valence-electron chi connectivity index (χ4n) is 2.60. The highest BCUT2D eigenvalue weighted by Crippen LogP contribution is 2.65. The number of carbonyl (C=O) groups excluding carboxylic acids is 1. The van der Waals surface area contributed by atoms with Crippen molar-refractivity contribution in [1.29, 1.82) is 0 Å². The molecule has 0 aliphatic heterocycles. The Labute approximate surface area is 127 Å². The molecule has 0 bridgehead atoms. The number of halogens is 5. The summed E-state index contributed by atoms with van der Waals surface area (Å²) in [6.07, 6.45) is -4.74. The zero-order valence-corrected chi connectivity index (χ0v) is 12.9. The van der Waals surface area contributed by atoms with Crippen LogP contribution in [-0.2, 0) is 4.79 Å². The molecule has 1 aliphatic carbocycles. The van der Waals surface area contributed by atoms with E-state index >= 15 is 0 Å². The van der Waals surface area contributed by atoms with Crippen LogP contribution in [0.5, 0.6) is 5.75 Å². The van der Waals surface area contributed by atoms with Crippen molar-refractivity contribution in [2.45, 2.75) is 26.1 Å². The van der Waals surface area contributed by atoms with Crippen molar-refractivity contribution in [3.63, 3.8) is 0 Å². The molecule has 110 valence electrons. The predicted octanol–water partition coefficient (Wildman–Crippen LogP) is 4.85. The molecule has 2 nitrogen and oxygen atoms in total. The molecule has 0 amide bonds. The SMILES string of the molecule is CC1(C)[C@@H](C(=O)Cl)[C@@H]1c1ccc(OC(F)(F)F)c(Br)c1. The number of hydrogen-bond acceptors (Lipinski definition) is 2. The van der Waals surface area contributed by atoms with Gasteiger partial charge in [-0.05, 0) is 50.6 Å². The maximum atomic E-state index is 12.2. The molecular weight excluding hydrogens is 360 g/mol. The van der Waals surface area contributed by atoms with Gasteiger partial charge in [0.25, 0.3) is 0 Å². The lowest BCUT2D eigenvalue weighted by Crippen LogP contribution is -2.17. The molecule has 1 saturated carbocycles. The molecule has 1 fully saturated rings. The van der Waals surface area contributed by atoms with E-state index in [1.54, 1.807) is 0 Å². The summed E-state index contributed by atoms with van der Waals surface area (Å²) in [6.45, 7) is 3.80. The van der Waals surface area contributed by atoms with Crippen molar-refractivity contribution in [3.05, 3.63) is 28.2 Å². The summed E-state index contributed by atoms with van der Waals surface area (Å²) >= 11 is 8.59. The fraction of sp³-hybridized carbons (Fsp3) is 0.462. The van der Waals surface area contributed by atoms with Gasteiger partial charge in [-0.2, -0.15) is 0 Å². The Morgan fingerprint density at radius 3 is 2.40 bits per heavy atom. The first-order valence-corrected chi connectivity index (χ1v) is 6.95. The van der Waals surface area contributed by atoms with Crippen molar-refractivity contribution in [2.75, 3.05) is 0 Å². The summed E-state index contributed by atoms with van der Waals surface area (Å²) in [5, 5.41) is -0.424. The van der Waals surface area contributed by atoms with Crippen LogP contribution in [0.4, 0.5) is 13.2 Å². The molecule has 0 radical (unpaired) electrons. The molecule has 0 aromatic heterocycles. The van der Waals surface area contributed by atoms with Gasteiger partial charge in [-0.1, -0.05) is 19.9 Å². The number of carbonyl (C=O) groups is 1. The Bertz CT molecular complexity index is 557. The molecule has 20 heavy (non-hydrogen) atoms. The van der Waals surface area contributed by atoms with E-state index in [2.05, 4.69) is 20.7 Å². The third kappa shape index (κ3) is 2.96. The van der Waals surface area contributed by atoms with Gasteiger partial charge in [0.1, 0.15) is 5.75 Å². The molecule has 0 N–H and O–H groups in total. The predicted molar refractivity (Wildman–Crippen MR) is 71.7 cm³/mol. The van der Waals surface area contributed by atoms with Crippen LogP contribution in [-0.4, -0.2) is 11.6 Å². The minimum absolute atomic E-state index is 0.0938. The summed E-state index contributed by atoms with van der Waals surface area (Å²) in [7, 11) is 0. The van der Waals surface area contributed by atoms with Crippen molar-refractivity contribution >= 4 is 32.8 Å². The number of ether oxygens (including phenoxy) is 1. The van der Waals surface area contributed by atoms with Gasteiger partial charge in [0, 0.05) is 11.8 Å². The minimum Gasteiger partial charge on any atom is -0.405 e. The van der Waals surface area contributed by atoms with Crippen LogP contribution >= 0.6 is 27.5 Å². The Kier molecular flexibility index (Phi) is 3.84. The van der Waals surface area contributed by atoms with Gasteiger partial charge < -0.3 is 4.74 Å². The summed E-state index contributed by atoms with van der Waals surface area (Å²) < 4.78 is 40.6. The molecular formula is C13H11BrClF3O2. The van der Waals surface area contributed by atoms with Gasteiger partial charge in [0.05, 0.1) is 4.47 Å². The minimum atomic E-state index is -4.74. The van der Waals surface area contributed by atoms with E-state index in [0.29, 0.717) is 0 Å². The van der Waals surface area contributed by atoms with Crippen LogP contribution < -0.4 is 4.74 Å². The molecule has 2 atom stereocenters. The summed E-state index contributed by atoms with van der Waals surface area (Å²) in [5.74, 6) is -0.720. The van der Waals surface area contributed by atoms with E-state index in [1.165, 1.54) is 18.2 Å². The first kappa shape index (κ1) is 15.6. The lowest BCUT2D eigenvalue weighted by molar-refractivity contribution is -0.274. The number of benzene rings is 1. The molecule has 1 aromatic rings. The van der Waals surface area contributed by atoms with E-state index < -0.39 is 11.6 Å². The zero-order chi connectivity index (χ0) is 15.3. The van der Waals surface area contributed by atoms with E-state index in [4.69, 9.17) is 11.6 Å². The first-order valence-electron chi connectivity index (χ1n) is 5.78. The van der Waals surface area contributed by atoms with Gasteiger partial charge in [-0.3, -0.25) is 4.79 Å². The lowest BCUT2D eigenvalue weighted by Gasteiger charge is -2.12. The van der Waals surface area contributed by atoms with Crippen molar-refractivity contribution in [1.82, 2.24) is 0 Å². The number of hydrogen-bond donors (Lipinski definition) is 0. The molecule has 1 aliphatic rings. The zero-order valence-electron chi connectivity index (χ0n) is 10.6. The highest BCUT2D eigenvalue weighted by molar-refractivity contribution is 9.10. The smallest absolute Gasteiger partial charge is 0.405 e. The van der Waals surface area contributed by atoms with Crippen LogP contribution in [0.15, 0.2) is 22.7 Å². The van der Waals surface area contributed by atoms with Crippen molar-refractivity contribution < 1.29 is 22.7 Å². The molecule has 0 unspecified atom stereocenters. The van der Waals surface area contributed by atoms with Crippen LogP contribution in [0.3, 0.4) is 0 Å². The second-order valence-electron chi connectivity index (χ2n) is 5.32. The Hall–Kier alpha value is -0.750. The first-order chi connectivity index (χ1) is 9.04. The highest BCUT2D eigenvalue weighted by Gasteiger charge is 2.61. The topological polar surface area (TPSA) is 26.3 Å². The van der Waals surface area contributed by atoms with Gasteiger partial charge in [0.15, 0.2) is 0 Å². The molecule has 2 rings (SSSR count). The summed E-state index contributed by atoms with van der Waals surface area (Å²) in [4.78, 5) is 11.3. The van der Waals surface area contributed by atoms with E-state index in [9.17, 15) is 18.0 Å². The molecule has 7 heteroatoms. The molecule has 0 heterocycles. The van der Waals surface area contributed by atoms with Crippen LogP contribution in [0, 0.1) is 11.3 Å². The third-order valence-corrected chi connectivity index (χ3v) is 4.47. The van der Waals surface area contributed by atoms with Gasteiger partial charge in [0.2, 0.25) is 5.24 Å². The van der Waals surface area contributed by atoms with Gasteiger partial charge in [-0.25, -0.2) is 0 Å². The maximum Gasteiger partial charge on any atom is 0.573 e. The number of rotatable bonds is 3. The highest BCUT2D eigenvalue weighted by atomic mass is 79.9. The Balaban J connectivity index is 2.25. The standard InChI is InChI=1S/C13H11BrClF3O2/c1-12(2)9(10(12)11(15)19)6-3-4-8(7(14)5-6)20-13(16,17)18/h3-5,9-10H,1-2H3/t9-,10+/m0/s1. The monoisotopic (exact) mass is 370 g/mol. The summed E-state index contributed by atoms with van der Waals surface area (Å²) in [5.41, 5.74) is 0.473. The van der Waals surface area contributed by atoms with E-state index in [1.807, 2.05) is 13.8 Å². The molecule has 0 spiro atoms. The van der Waals surface area contributed by atoms with E-state index in [0.717, 1.165) is 5.56 Å². The normalized spacial score (nSPS) is 24.4. The largest absolute Gasteiger partial charge is 0.573 e. The van der Waals surface area contributed by atoms with Crippen molar-refractivity contribution in [2.24, 2.45) is 11.3 Å². The average Bonchev–Trinajstić information content (AvgIpc) is 2.83. The summed E-state index contributed by atoms with van der Waals surface area (Å²) in [6, 6.07) is 4.29. The number of alkyl halides is 3. The fourth-order valence-corrected chi connectivity index (χ4v) is 3.49. The van der Waals surface area contributed by atoms with Gasteiger partial charge >= 0.3 is 6.36 Å². The Morgan fingerprint density at radius 2 is 2.00 bits per heavy atom. The van der Waals surface area contributed by atoms with Gasteiger partial charge in [-0.15, -0.1) is 13.2 Å². The van der Waals surface area contributed by atoms with Crippen LogP contribution in [0.1, 0.15) is 25.3 Å².